The molecule has 0 atom stereocenters. The van der Waals surface area contributed by atoms with E-state index in [-0.39, 0.29) is 5.82 Å². The van der Waals surface area contributed by atoms with Crippen LogP contribution in [0.25, 0.3) is 10.9 Å². The summed E-state index contributed by atoms with van der Waals surface area (Å²) >= 11 is 6.96. The van der Waals surface area contributed by atoms with Gasteiger partial charge in [0, 0.05) is 17.4 Å². The summed E-state index contributed by atoms with van der Waals surface area (Å²) in [6, 6.07) is 25.7. The van der Waals surface area contributed by atoms with Gasteiger partial charge in [0.15, 0.2) is 0 Å². The quantitative estimate of drug-likeness (QED) is 0.414. The second kappa shape index (κ2) is 6.99. The minimum atomic E-state index is -2.10. The molecule has 4 rings (SSSR count). The first-order valence-electron chi connectivity index (χ1n) is 9.05. The summed E-state index contributed by atoms with van der Waals surface area (Å²) in [6.07, 6.45) is 0. The van der Waals surface area contributed by atoms with Crippen LogP contribution in [0.15, 0.2) is 78.9 Å². The summed E-state index contributed by atoms with van der Waals surface area (Å²) in [5.74, 6) is -0.227. The van der Waals surface area contributed by atoms with Crippen LogP contribution in [-0.4, -0.2) is 12.6 Å². The average molecular weight is 394 g/mol. The fraction of sp³-hybridized carbons (Fsp3) is 0.130. The Labute approximate surface area is 165 Å². The third-order valence-corrected chi connectivity index (χ3v) is 9.35. The lowest BCUT2D eigenvalue weighted by molar-refractivity contribution is 0.629. The maximum atomic E-state index is 14.1. The minimum absolute atomic E-state index is 0.227. The van der Waals surface area contributed by atoms with Crippen LogP contribution in [0.2, 0.25) is 18.2 Å². The van der Waals surface area contributed by atoms with Crippen LogP contribution in [0.5, 0.6) is 0 Å². The monoisotopic (exact) mass is 393 g/mol. The fourth-order valence-electron chi connectivity index (χ4n) is 3.81. The highest BCUT2D eigenvalue weighted by molar-refractivity contribution is 7.02. The zero-order valence-electron chi connectivity index (χ0n) is 15.4. The highest BCUT2D eigenvalue weighted by Crippen LogP contribution is 2.27. The molecule has 27 heavy (non-hydrogen) atoms. The number of hydrogen-bond donors (Lipinski definition) is 0. The van der Waals surface area contributed by atoms with Crippen molar-refractivity contribution >= 4 is 41.0 Å². The molecule has 0 bridgehead atoms. The highest BCUT2D eigenvalue weighted by Gasteiger charge is 2.33. The number of halogens is 2. The van der Waals surface area contributed by atoms with Crippen LogP contribution in [0.1, 0.15) is 5.56 Å². The van der Waals surface area contributed by atoms with E-state index in [4.69, 9.17) is 11.6 Å². The van der Waals surface area contributed by atoms with Gasteiger partial charge in [-0.2, -0.15) is 0 Å². The Balaban J connectivity index is 1.96. The molecule has 1 heterocycles. The van der Waals surface area contributed by atoms with Crippen molar-refractivity contribution in [2.45, 2.75) is 19.6 Å². The van der Waals surface area contributed by atoms with Crippen LogP contribution >= 0.6 is 11.6 Å². The average Bonchev–Trinajstić information content (AvgIpc) is 2.95. The van der Waals surface area contributed by atoms with Gasteiger partial charge in [-0.3, -0.25) is 0 Å². The predicted octanol–water partition coefficient (Wildman–Crippen LogP) is 5.30. The Kier molecular flexibility index (Phi) is 4.66. The van der Waals surface area contributed by atoms with E-state index in [1.807, 2.05) is 30.3 Å². The van der Waals surface area contributed by atoms with Crippen molar-refractivity contribution in [3.8, 4) is 0 Å². The molecule has 0 saturated carbocycles. The first-order valence-corrected chi connectivity index (χ1v) is 12.4. The number of nitrogens with zero attached hydrogens (tertiary/aromatic N) is 1. The summed E-state index contributed by atoms with van der Waals surface area (Å²) in [5, 5.41) is 4.03. The van der Waals surface area contributed by atoms with E-state index in [0.717, 1.165) is 21.2 Å². The third kappa shape index (κ3) is 3.22. The van der Waals surface area contributed by atoms with Gasteiger partial charge in [-0.25, -0.2) is 4.39 Å². The summed E-state index contributed by atoms with van der Waals surface area (Å²) in [5.41, 5.74) is 2.16. The SMILES string of the molecule is C[Si](C)(c1ccccc1)c1c(Cl)n(Cc2ccccc2)c2ccc(F)cc12. The van der Waals surface area contributed by atoms with Crippen molar-refractivity contribution in [1.29, 1.82) is 0 Å². The molecule has 0 N–H and O–H groups in total. The molecule has 0 fully saturated rings. The molecule has 0 aliphatic carbocycles. The number of rotatable bonds is 4. The highest BCUT2D eigenvalue weighted by atomic mass is 35.5. The molecule has 0 aliphatic heterocycles. The predicted molar refractivity (Wildman–Crippen MR) is 116 cm³/mol. The molecule has 4 heteroatoms. The number of hydrogen-bond acceptors (Lipinski definition) is 0. The van der Waals surface area contributed by atoms with Gasteiger partial charge in [-0.15, -0.1) is 0 Å². The van der Waals surface area contributed by atoms with Crippen LogP contribution in [0, 0.1) is 5.82 Å². The third-order valence-electron chi connectivity index (χ3n) is 5.27. The van der Waals surface area contributed by atoms with E-state index >= 15 is 0 Å². The summed E-state index contributed by atoms with van der Waals surface area (Å²) < 4.78 is 16.2. The van der Waals surface area contributed by atoms with Gasteiger partial charge < -0.3 is 4.57 Å². The van der Waals surface area contributed by atoms with Gasteiger partial charge in [0.05, 0.1) is 0 Å². The summed E-state index contributed by atoms with van der Waals surface area (Å²) in [6.45, 7) is 5.22. The normalized spacial score (nSPS) is 11.9. The van der Waals surface area contributed by atoms with Crippen LogP contribution in [0.3, 0.4) is 0 Å². The van der Waals surface area contributed by atoms with Gasteiger partial charge in [0.2, 0.25) is 0 Å². The fourth-order valence-corrected chi connectivity index (χ4v) is 7.61. The Bertz CT molecular complexity index is 1090. The van der Waals surface area contributed by atoms with Gasteiger partial charge in [-0.05, 0) is 28.9 Å². The zero-order valence-corrected chi connectivity index (χ0v) is 17.2. The Morgan fingerprint density at radius 3 is 2.19 bits per heavy atom. The van der Waals surface area contributed by atoms with E-state index in [2.05, 4.69) is 54.1 Å². The minimum Gasteiger partial charge on any atom is -0.327 e. The molecular formula is C23H21ClFNSi. The summed E-state index contributed by atoms with van der Waals surface area (Å²) in [4.78, 5) is 0. The van der Waals surface area contributed by atoms with E-state index in [1.54, 1.807) is 6.07 Å². The molecule has 0 aliphatic rings. The van der Waals surface area contributed by atoms with Crippen molar-refractivity contribution in [2.75, 3.05) is 0 Å². The van der Waals surface area contributed by atoms with Crippen LogP contribution < -0.4 is 10.4 Å². The molecule has 0 amide bonds. The van der Waals surface area contributed by atoms with Crippen molar-refractivity contribution in [1.82, 2.24) is 4.57 Å². The lowest BCUT2D eigenvalue weighted by atomic mass is 10.2. The van der Waals surface area contributed by atoms with Gasteiger partial charge in [-0.1, -0.05) is 90.5 Å². The topological polar surface area (TPSA) is 4.93 Å². The van der Waals surface area contributed by atoms with E-state index in [9.17, 15) is 4.39 Å². The van der Waals surface area contributed by atoms with Gasteiger partial charge in [0.25, 0.3) is 0 Å². The smallest absolute Gasteiger partial charge is 0.123 e. The molecule has 1 aromatic heterocycles. The van der Waals surface area contributed by atoms with Crippen LogP contribution in [0.4, 0.5) is 4.39 Å². The van der Waals surface area contributed by atoms with Crippen molar-refractivity contribution < 1.29 is 4.39 Å². The first-order chi connectivity index (χ1) is 13.0. The van der Waals surface area contributed by atoms with Crippen LogP contribution in [-0.2, 0) is 6.54 Å². The molecule has 4 aromatic rings. The molecule has 0 radical (unpaired) electrons. The van der Waals surface area contributed by atoms with Crippen molar-refractivity contribution in [3.05, 3.63) is 95.4 Å². The van der Waals surface area contributed by atoms with E-state index < -0.39 is 8.07 Å². The van der Waals surface area contributed by atoms with E-state index in [1.165, 1.54) is 16.8 Å². The number of benzene rings is 3. The van der Waals surface area contributed by atoms with Crippen molar-refractivity contribution in [3.63, 3.8) is 0 Å². The lowest BCUT2D eigenvalue weighted by Crippen LogP contribution is -2.53. The lowest BCUT2D eigenvalue weighted by Gasteiger charge is -2.23. The maximum absolute atomic E-state index is 14.1. The standard InChI is InChI=1S/C23H21ClFNSi/c1-27(2,19-11-7-4-8-12-19)22-20-15-18(25)13-14-21(20)26(23(22)24)16-17-9-5-3-6-10-17/h3-15H,16H2,1-2H3. The van der Waals surface area contributed by atoms with Crippen molar-refractivity contribution in [2.24, 2.45) is 0 Å². The Hall–Kier alpha value is -2.36. The molecule has 0 saturated heterocycles. The van der Waals surface area contributed by atoms with Gasteiger partial charge in [0.1, 0.15) is 19.0 Å². The largest absolute Gasteiger partial charge is 0.327 e. The second-order valence-electron chi connectivity index (χ2n) is 7.39. The maximum Gasteiger partial charge on any atom is 0.123 e. The number of aromatic nitrogens is 1. The molecule has 1 nitrogen and oxygen atoms in total. The zero-order chi connectivity index (χ0) is 19.0. The molecule has 136 valence electrons. The Morgan fingerprint density at radius 1 is 0.889 bits per heavy atom. The number of fused-ring (bicyclic) bond motifs is 1. The van der Waals surface area contributed by atoms with E-state index in [0.29, 0.717) is 6.54 Å². The molecular weight excluding hydrogens is 373 g/mol. The summed E-state index contributed by atoms with van der Waals surface area (Å²) in [7, 11) is -2.10. The second-order valence-corrected chi connectivity index (χ2v) is 12.1. The first kappa shape index (κ1) is 18.0. The Morgan fingerprint density at radius 2 is 1.52 bits per heavy atom. The molecule has 3 aromatic carbocycles. The van der Waals surface area contributed by atoms with Gasteiger partial charge >= 0.3 is 0 Å². The molecule has 0 spiro atoms. The molecule has 0 unspecified atom stereocenters.